The molecule has 0 amide bonds. The quantitative estimate of drug-likeness (QED) is 0.643. The number of hydrogen-bond donors (Lipinski definition) is 2. The van der Waals surface area contributed by atoms with E-state index in [9.17, 15) is 23.4 Å². The summed E-state index contributed by atoms with van der Waals surface area (Å²) < 4.78 is 31.5. The van der Waals surface area contributed by atoms with Crippen LogP contribution in [0, 0.1) is 0 Å². The van der Waals surface area contributed by atoms with Gasteiger partial charge in [0.1, 0.15) is 22.0 Å². The number of methoxy groups -OCH3 is 1. The second kappa shape index (κ2) is 7.33. The minimum Gasteiger partial charge on any atom is -0.507 e. The fourth-order valence-corrected chi connectivity index (χ4v) is 5.02. The number of rotatable bonds is 6. The Hall–Kier alpha value is -1.77. The molecule has 1 saturated carbocycles. The van der Waals surface area contributed by atoms with Crippen molar-refractivity contribution in [1.82, 2.24) is 0 Å². The van der Waals surface area contributed by atoms with Gasteiger partial charge in [0.2, 0.25) is 0 Å². The second-order valence-corrected chi connectivity index (χ2v) is 9.55. The third-order valence-electron chi connectivity index (χ3n) is 4.38. The summed E-state index contributed by atoms with van der Waals surface area (Å²) in [4.78, 5) is 11.3. The molecule has 2 aromatic rings. The Morgan fingerprint density at radius 1 is 1.30 bits per heavy atom. The van der Waals surface area contributed by atoms with Gasteiger partial charge in [-0.25, -0.2) is 13.2 Å². The fraction of sp³-hybridized carbons (Fsp3) is 0.278. The lowest BCUT2D eigenvalue weighted by atomic mass is 10.0. The second-order valence-electron chi connectivity index (χ2n) is 6.33. The number of carbonyl (C=O) groups is 1. The van der Waals surface area contributed by atoms with Crippen LogP contribution in [0.25, 0.3) is 0 Å². The molecule has 6 nitrogen and oxygen atoms in total. The molecule has 3 rings (SSSR count). The predicted molar refractivity (Wildman–Crippen MR) is 104 cm³/mol. The lowest BCUT2D eigenvalue weighted by Gasteiger charge is -2.14. The highest BCUT2D eigenvalue weighted by Crippen LogP contribution is 2.43. The number of ether oxygens (including phenoxy) is 1. The van der Waals surface area contributed by atoms with Gasteiger partial charge in [-0.2, -0.15) is 0 Å². The van der Waals surface area contributed by atoms with Crippen LogP contribution < -0.4 is 4.74 Å². The van der Waals surface area contributed by atoms with Gasteiger partial charge in [-0.05, 0) is 52.4 Å². The molecular formula is C18H16BrClO6S. The van der Waals surface area contributed by atoms with Crippen LogP contribution in [-0.2, 0) is 15.6 Å². The summed E-state index contributed by atoms with van der Waals surface area (Å²) in [6, 6.07) is 5.68. The monoisotopic (exact) mass is 474 g/mol. The van der Waals surface area contributed by atoms with Gasteiger partial charge < -0.3 is 14.9 Å². The number of aromatic carboxylic acids is 1. The minimum absolute atomic E-state index is 0.0462. The maximum Gasteiger partial charge on any atom is 0.339 e. The lowest BCUT2D eigenvalue weighted by Crippen LogP contribution is -2.09. The molecule has 0 heterocycles. The largest absolute Gasteiger partial charge is 0.507 e. The molecule has 27 heavy (non-hydrogen) atoms. The summed E-state index contributed by atoms with van der Waals surface area (Å²) in [5, 5.41) is 19.9. The van der Waals surface area contributed by atoms with Crippen LogP contribution in [-0.4, -0.2) is 31.7 Å². The zero-order chi connectivity index (χ0) is 19.9. The maximum absolute atomic E-state index is 13.0. The molecular weight excluding hydrogens is 460 g/mol. The average molecular weight is 476 g/mol. The third-order valence-corrected chi connectivity index (χ3v) is 7.25. The number of carboxylic acid groups (broad SMARTS) is 1. The van der Waals surface area contributed by atoms with Gasteiger partial charge in [-0.3, -0.25) is 0 Å². The summed E-state index contributed by atoms with van der Waals surface area (Å²) in [5.74, 6) is -2.14. The standard InChI is InChI=1S/C18H16BrClO6S/c1-26-15-7-14(20)13(19)6-16(15)27(24,25)8-11-4-10(9-2-3-9)5-12(17(11)21)18(22)23/h4-7,9,21H,2-3,8H2,1H3,(H,22,23). The molecule has 2 aromatic carbocycles. The van der Waals surface area contributed by atoms with Gasteiger partial charge in [0.15, 0.2) is 9.84 Å². The van der Waals surface area contributed by atoms with E-state index >= 15 is 0 Å². The van der Waals surface area contributed by atoms with Crippen molar-refractivity contribution < 1.29 is 28.2 Å². The van der Waals surface area contributed by atoms with Crippen molar-refractivity contribution in [3.63, 3.8) is 0 Å². The molecule has 0 bridgehead atoms. The molecule has 2 N–H and O–H groups in total. The van der Waals surface area contributed by atoms with E-state index in [0.717, 1.165) is 18.4 Å². The van der Waals surface area contributed by atoms with Crippen molar-refractivity contribution in [3.05, 3.63) is 50.5 Å². The normalized spacial score (nSPS) is 14.2. The molecule has 0 aliphatic heterocycles. The number of carboxylic acids is 1. The number of phenols is 1. The number of halogens is 2. The molecule has 0 aromatic heterocycles. The lowest BCUT2D eigenvalue weighted by molar-refractivity contribution is 0.0693. The Morgan fingerprint density at radius 2 is 1.96 bits per heavy atom. The van der Waals surface area contributed by atoms with Crippen LogP contribution in [0.2, 0.25) is 5.02 Å². The Morgan fingerprint density at radius 3 is 2.52 bits per heavy atom. The fourth-order valence-electron chi connectivity index (χ4n) is 2.84. The minimum atomic E-state index is -3.95. The Kier molecular flexibility index (Phi) is 5.42. The van der Waals surface area contributed by atoms with Crippen LogP contribution >= 0.6 is 27.5 Å². The maximum atomic E-state index is 13.0. The van der Waals surface area contributed by atoms with Crippen molar-refractivity contribution in [3.8, 4) is 11.5 Å². The first-order chi connectivity index (χ1) is 12.6. The Balaban J connectivity index is 2.09. The van der Waals surface area contributed by atoms with Crippen molar-refractivity contribution in [2.45, 2.75) is 29.4 Å². The number of benzene rings is 2. The summed E-state index contributed by atoms with van der Waals surface area (Å²) >= 11 is 9.18. The molecule has 9 heteroatoms. The summed E-state index contributed by atoms with van der Waals surface area (Å²) in [7, 11) is -2.62. The van der Waals surface area contributed by atoms with Crippen molar-refractivity contribution >= 4 is 43.3 Å². The van der Waals surface area contributed by atoms with E-state index in [1.54, 1.807) is 6.07 Å². The first-order valence-electron chi connectivity index (χ1n) is 7.99. The van der Waals surface area contributed by atoms with Crippen LogP contribution in [0.5, 0.6) is 11.5 Å². The summed E-state index contributed by atoms with van der Waals surface area (Å²) in [6.07, 6.45) is 1.82. The van der Waals surface area contributed by atoms with E-state index in [1.165, 1.54) is 25.3 Å². The van der Waals surface area contributed by atoms with Crippen LogP contribution in [0.3, 0.4) is 0 Å². The summed E-state index contributed by atoms with van der Waals surface area (Å²) in [5.41, 5.74) is 0.471. The van der Waals surface area contributed by atoms with E-state index < -0.39 is 27.3 Å². The van der Waals surface area contributed by atoms with E-state index in [2.05, 4.69) is 15.9 Å². The van der Waals surface area contributed by atoms with E-state index in [-0.39, 0.29) is 32.7 Å². The van der Waals surface area contributed by atoms with Crippen LogP contribution in [0.15, 0.2) is 33.6 Å². The molecule has 0 spiro atoms. The molecule has 1 aliphatic rings. The predicted octanol–water partition coefficient (Wildman–Crippen LogP) is 4.37. The highest BCUT2D eigenvalue weighted by atomic mass is 79.9. The van der Waals surface area contributed by atoms with Gasteiger partial charge in [-0.15, -0.1) is 0 Å². The molecule has 0 radical (unpaired) electrons. The van der Waals surface area contributed by atoms with Crippen LogP contribution in [0.4, 0.5) is 0 Å². The van der Waals surface area contributed by atoms with Crippen LogP contribution in [0.1, 0.15) is 40.2 Å². The zero-order valence-corrected chi connectivity index (χ0v) is 17.4. The molecule has 1 aliphatic carbocycles. The number of hydrogen-bond acceptors (Lipinski definition) is 5. The first-order valence-corrected chi connectivity index (χ1v) is 10.8. The number of aromatic hydroxyl groups is 1. The third kappa shape index (κ3) is 4.07. The van der Waals surface area contributed by atoms with Crippen molar-refractivity contribution in [2.75, 3.05) is 7.11 Å². The zero-order valence-electron chi connectivity index (χ0n) is 14.2. The first kappa shape index (κ1) is 20.0. The molecule has 1 fully saturated rings. The SMILES string of the molecule is COc1cc(Cl)c(Br)cc1S(=O)(=O)Cc1cc(C2CC2)cc(C(=O)O)c1O. The Bertz CT molecular complexity index is 1030. The molecule has 144 valence electrons. The highest BCUT2D eigenvalue weighted by molar-refractivity contribution is 9.10. The topological polar surface area (TPSA) is 101 Å². The molecule has 0 saturated heterocycles. The number of sulfone groups is 1. The average Bonchev–Trinajstić information content (AvgIpc) is 3.43. The van der Waals surface area contributed by atoms with Gasteiger partial charge in [-0.1, -0.05) is 17.7 Å². The Labute approximate surface area is 169 Å². The van der Waals surface area contributed by atoms with Gasteiger partial charge in [0.05, 0.1) is 17.9 Å². The van der Waals surface area contributed by atoms with Gasteiger partial charge in [0.25, 0.3) is 0 Å². The van der Waals surface area contributed by atoms with E-state index in [1.807, 2.05) is 0 Å². The smallest absolute Gasteiger partial charge is 0.339 e. The van der Waals surface area contributed by atoms with Gasteiger partial charge in [0, 0.05) is 16.1 Å². The summed E-state index contributed by atoms with van der Waals surface area (Å²) in [6.45, 7) is 0. The molecule has 0 unspecified atom stereocenters. The van der Waals surface area contributed by atoms with Gasteiger partial charge >= 0.3 is 5.97 Å². The van der Waals surface area contributed by atoms with Crippen molar-refractivity contribution in [2.24, 2.45) is 0 Å². The highest BCUT2D eigenvalue weighted by Gasteiger charge is 2.29. The molecule has 0 atom stereocenters. The van der Waals surface area contributed by atoms with E-state index in [0.29, 0.717) is 4.47 Å². The van der Waals surface area contributed by atoms with Crippen molar-refractivity contribution in [1.29, 1.82) is 0 Å². The van der Waals surface area contributed by atoms with E-state index in [4.69, 9.17) is 16.3 Å².